The molecule has 118 valence electrons. The highest BCUT2D eigenvalue weighted by molar-refractivity contribution is 7.86. The predicted molar refractivity (Wildman–Crippen MR) is 86.1 cm³/mol. The van der Waals surface area contributed by atoms with Crippen LogP contribution in [0.4, 0.5) is 0 Å². The molecule has 5 heteroatoms. The Labute approximate surface area is 131 Å². The zero-order valence-electron chi connectivity index (χ0n) is 12.3. The summed E-state index contributed by atoms with van der Waals surface area (Å²) in [5.74, 6) is 0. The molecule has 1 atom stereocenters. The smallest absolute Gasteiger partial charge is 0.271 e. The van der Waals surface area contributed by atoms with Crippen molar-refractivity contribution in [3.63, 3.8) is 0 Å². The first-order chi connectivity index (χ1) is 10.6. The molecule has 0 spiro atoms. The molecular formula is C17H20O4S. The molecule has 0 amide bonds. The molecule has 0 radical (unpaired) electrons. The molecule has 0 aliphatic heterocycles. The lowest BCUT2D eigenvalue weighted by Gasteiger charge is -2.14. The Kier molecular flexibility index (Phi) is 6.12. The second-order valence-electron chi connectivity index (χ2n) is 5.09. The number of ether oxygens (including phenoxy) is 1. The number of rotatable bonds is 8. The van der Waals surface area contributed by atoms with Crippen LogP contribution in [0.5, 0.6) is 0 Å². The molecule has 4 nitrogen and oxygen atoms in total. The van der Waals surface area contributed by atoms with Crippen LogP contribution in [-0.4, -0.2) is 19.6 Å². The first kappa shape index (κ1) is 16.7. The molecule has 0 saturated heterocycles. The highest BCUT2D eigenvalue weighted by Crippen LogP contribution is 2.26. The second-order valence-corrected chi connectivity index (χ2v) is 6.69. The summed E-state index contributed by atoms with van der Waals surface area (Å²) in [6.45, 7) is 0.955. The van der Waals surface area contributed by atoms with Crippen LogP contribution in [0.15, 0.2) is 60.7 Å². The molecule has 0 bridgehead atoms. The van der Waals surface area contributed by atoms with Crippen molar-refractivity contribution in [1.29, 1.82) is 0 Å². The Morgan fingerprint density at radius 1 is 0.955 bits per heavy atom. The zero-order valence-corrected chi connectivity index (χ0v) is 13.1. The van der Waals surface area contributed by atoms with Gasteiger partial charge in [0.2, 0.25) is 0 Å². The van der Waals surface area contributed by atoms with Gasteiger partial charge in [0.25, 0.3) is 10.1 Å². The maximum atomic E-state index is 11.5. The van der Waals surface area contributed by atoms with E-state index in [0.717, 1.165) is 5.56 Å². The Bertz CT molecular complexity index is 654. The molecule has 0 aliphatic carbocycles. The van der Waals surface area contributed by atoms with Crippen LogP contribution < -0.4 is 0 Å². The highest BCUT2D eigenvalue weighted by atomic mass is 32.2. The van der Waals surface area contributed by atoms with E-state index in [1.54, 1.807) is 24.3 Å². The van der Waals surface area contributed by atoms with Gasteiger partial charge in [0.15, 0.2) is 0 Å². The quantitative estimate of drug-likeness (QED) is 0.596. The Hall–Kier alpha value is -1.69. The maximum Gasteiger partial charge on any atom is 0.271 e. The van der Waals surface area contributed by atoms with Crippen molar-refractivity contribution >= 4 is 10.1 Å². The molecule has 1 unspecified atom stereocenters. The molecule has 0 fully saturated rings. The van der Waals surface area contributed by atoms with Crippen LogP contribution in [0.2, 0.25) is 0 Å². The van der Waals surface area contributed by atoms with Crippen molar-refractivity contribution in [2.45, 2.75) is 24.7 Å². The van der Waals surface area contributed by atoms with E-state index >= 15 is 0 Å². The monoisotopic (exact) mass is 320 g/mol. The van der Waals surface area contributed by atoms with Gasteiger partial charge in [0.05, 0.1) is 6.61 Å². The van der Waals surface area contributed by atoms with Crippen LogP contribution in [-0.2, 0) is 21.5 Å². The molecule has 0 heterocycles. The predicted octanol–water partition coefficient (Wildman–Crippen LogP) is 3.61. The van der Waals surface area contributed by atoms with Crippen LogP contribution in [0.25, 0.3) is 0 Å². The third kappa shape index (κ3) is 5.26. The lowest BCUT2D eigenvalue weighted by Crippen LogP contribution is -2.13. The normalized spacial score (nSPS) is 13.0. The van der Waals surface area contributed by atoms with Crippen molar-refractivity contribution in [3.05, 3.63) is 71.8 Å². The van der Waals surface area contributed by atoms with E-state index in [4.69, 9.17) is 4.74 Å². The highest BCUT2D eigenvalue weighted by Gasteiger charge is 2.24. The first-order valence-electron chi connectivity index (χ1n) is 7.20. The summed E-state index contributed by atoms with van der Waals surface area (Å²) in [7, 11) is -4.11. The minimum absolute atomic E-state index is 0.331. The topological polar surface area (TPSA) is 63.6 Å². The van der Waals surface area contributed by atoms with Crippen LogP contribution >= 0.6 is 0 Å². The maximum absolute atomic E-state index is 11.5. The second kappa shape index (κ2) is 8.08. The van der Waals surface area contributed by atoms with Gasteiger partial charge in [-0.25, -0.2) is 0 Å². The lowest BCUT2D eigenvalue weighted by atomic mass is 10.1. The van der Waals surface area contributed by atoms with Crippen molar-refractivity contribution in [1.82, 2.24) is 0 Å². The van der Waals surface area contributed by atoms with E-state index in [-0.39, 0.29) is 0 Å². The average Bonchev–Trinajstić information content (AvgIpc) is 2.51. The summed E-state index contributed by atoms with van der Waals surface area (Å²) in [5, 5.41) is -0.894. The van der Waals surface area contributed by atoms with Gasteiger partial charge in [0.1, 0.15) is 5.25 Å². The molecule has 2 rings (SSSR count). The van der Waals surface area contributed by atoms with Crippen molar-refractivity contribution in [3.8, 4) is 0 Å². The fourth-order valence-corrected chi connectivity index (χ4v) is 3.26. The molecule has 2 aromatic carbocycles. The van der Waals surface area contributed by atoms with Crippen LogP contribution in [0.3, 0.4) is 0 Å². The summed E-state index contributed by atoms with van der Waals surface area (Å²) < 4.78 is 38.0. The Morgan fingerprint density at radius 2 is 1.55 bits per heavy atom. The van der Waals surface area contributed by atoms with Gasteiger partial charge >= 0.3 is 0 Å². The van der Waals surface area contributed by atoms with Crippen LogP contribution in [0, 0.1) is 0 Å². The zero-order chi connectivity index (χ0) is 15.8. The Morgan fingerprint density at radius 3 is 2.14 bits per heavy atom. The van der Waals surface area contributed by atoms with Gasteiger partial charge in [-0.1, -0.05) is 60.7 Å². The van der Waals surface area contributed by atoms with Crippen molar-refractivity contribution < 1.29 is 17.7 Å². The van der Waals surface area contributed by atoms with Crippen LogP contribution in [0.1, 0.15) is 29.2 Å². The molecule has 2 aromatic rings. The standard InChI is InChI=1S/C17H20O4S/c18-22(19,20)17(16-10-5-2-6-11-16)12-7-13-21-14-15-8-3-1-4-9-15/h1-6,8-11,17H,7,12-14H2,(H,18,19,20). The van der Waals surface area contributed by atoms with Crippen molar-refractivity contribution in [2.24, 2.45) is 0 Å². The van der Waals surface area contributed by atoms with Gasteiger partial charge in [-0.05, 0) is 24.0 Å². The van der Waals surface area contributed by atoms with E-state index in [9.17, 15) is 13.0 Å². The fraction of sp³-hybridized carbons (Fsp3) is 0.294. The SMILES string of the molecule is O=S(=O)(O)C(CCCOCc1ccccc1)c1ccccc1. The molecule has 0 aliphatic rings. The number of hydrogen-bond donors (Lipinski definition) is 1. The molecular weight excluding hydrogens is 300 g/mol. The first-order valence-corrected chi connectivity index (χ1v) is 8.70. The summed E-state index contributed by atoms with van der Waals surface area (Å²) in [4.78, 5) is 0. The fourth-order valence-electron chi connectivity index (χ4n) is 2.29. The largest absolute Gasteiger partial charge is 0.377 e. The van der Waals surface area contributed by atoms with Gasteiger partial charge in [-0.2, -0.15) is 8.42 Å². The summed E-state index contributed by atoms with van der Waals surface area (Å²) in [6.07, 6.45) is 0.893. The molecule has 22 heavy (non-hydrogen) atoms. The summed E-state index contributed by atoms with van der Waals surface area (Å²) in [6, 6.07) is 18.6. The van der Waals surface area contributed by atoms with Gasteiger partial charge in [-0.15, -0.1) is 0 Å². The lowest BCUT2D eigenvalue weighted by molar-refractivity contribution is 0.117. The average molecular weight is 320 g/mol. The molecule has 1 N–H and O–H groups in total. The third-order valence-electron chi connectivity index (χ3n) is 3.40. The minimum Gasteiger partial charge on any atom is -0.377 e. The molecule has 0 aromatic heterocycles. The van der Waals surface area contributed by atoms with Crippen molar-refractivity contribution in [2.75, 3.05) is 6.61 Å². The van der Waals surface area contributed by atoms with Gasteiger partial charge in [0, 0.05) is 6.61 Å². The van der Waals surface area contributed by atoms with E-state index in [1.807, 2.05) is 36.4 Å². The van der Waals surface area contributed by atoms with Gasteiger partial charge in [-0.3, -0.25) is 4.55 Å². The Balaban J connectivity index is 1.83. The number of hydrogen-bond acceptors (Lipinski definition) is 3. The summed E-state index contributed by atoms with van der Waals surface area (Å²) in [5.41, 5.74) is 1.69. The van der Waals surface area contributed by atoms with E-state index < -0.39 is 15.4 Å². The number of benzene rings is 2. The van der Waals surface area contributed by atoms with E-state index in [2.05, 4.69) is 0 Å². The third-order valence-corrected chi connectivity index (χ3v) is 4.62. The minimum atomic E-state index is -4.11. The van der Waals surface area contributed by atoms with E-state index in [1.165, 1.54) is 0 Å². The van der Waals surface area contributed by atoms with E-state index in [0.29, 0.717) is 31.6 Å². The van der Waals surface area contributed by atoms with Gasteiger partial charge < -0.3 is 4.74 Å². The summed E-state index contributed by atoms with van der Waals surface area (Å²) >= 11 is 0. The molecule has 0 saturated carbocycles.